The first kappa shape index (κ1) is 22.6. The molecule has 1 aliphatic rings. The molecule has 0 unspecified atom stereocenters. The number of anilines is 1. The predicted molar refractivity (Wildman–Crippen MR) is 130 cm³/mol. The second kappa shape index (κ2) is 10.8. The van der Waals surface area contributed by atoms with E-state index in [0.29, 0.717) is 29.1 Å². The van der Waals surface area contributed by atoms with Gasteiger partial charge in [0.1, 0.15) is 5.75 Å². The molecule has 6 heteroatoms. The Morgan fingerprint density at radius 3 is 2.21 bits per heavy atom. The highest BCUT2D eigenvalue weighted by molar-refractivity contribution is 6.09. The fourth-order valence-electron chi connectivity index (χ4n) is 3.97. The number of nitrogens with zero attached hydrogens (tertiary/aromatic N) is 1. The number of rotatable bonds is 8. The number of methoxy groups -OCH3 is 1. The van der Waals surface area contributed by atoms with Crippen LogP contribution in [0.2, 0.25) is 0 Å². The summed E-state index contributed by atoms with van der Waals surface area (Å²) in [6.45, 7) is 3.75. The third-order valence-corrected chi connectivity index (χ3v) is 5.85. The minimum Gasteiger partial charge on any atom is -0.497 e. The molecule has 0 radical (unpaired) electrons. The van der Waals surface area contributed by atoms with Crippen molar-refractivity contribution in [3.63, 3.8) is 0 Å². The molecule has 1 aliphatic heterocycles. The molecule has 4 rings (SSSR count). The number of benzene rings is 3. The Hall–Kier alpha value is -3.64. The van der Waals surface area contributed by atoms with Gasteiger partial charge in [0, 0.05) is 18.7 Å². The van der Waals surface area contributed by atoms with Gasteiger partial charge in [0.2, 0.25) is 0 Å². The maximum atomic E-state index is 12.9. The number of amides is 2. The van der Waals surface area contributed by atoms with Crippen molar-refractivity contribution in [2.75, 3.05) is 25.5 Å². The summed E-state index contributed by atoms with van der Waals surface area (Å²) in [5.41, 5.74) is 3.70. The van der Waals surface area contributed by atoms with Crippen molar-refractivity contribution in [2.24, 2.45) is 0 Å². The Morgan fingerprint density at radius 1 is 0.848 bits per heavy atom. The van der Waals surface area contributed by atoms with Gasteiger partial charge in [0.25, 0.3) is 11.8 Å². The summed E-state index contributed by atoms with van der Waals surface area (Å²) in [4.78, 5) is 28.0. The number of carbonyl (C=O) groups excluding carboxylic acids is 2. The third-order valence-electron chi connectivity index (χ3n) is 5.85. The predicted octanol–water partition coefficient (Wildman–Crippen LogP) is 4.47. The van der Waals surface area contributed by atoms with Crippen LogP contribution in [0, 0.1) is 0 Å². The summed E-state index contributed by atoms with van der Waals surface area (Å²) in [6, 6.07) is 22.2. The average Bonchev–Trinajstić information content (AvgIpc) is 3.37. The molecule has 2 N–H and O–H groups in total. The van der Waals surface area contributed by atoms with E-state index in [4.69, 9.17) is 4.74 Å². The molecule has 1 saturated heterocycles. The maximum absolute atomic E-state index is 12.9. The summed E-state index contributed by atoms with van der Waals surface area (Å²) in [7, 11) is 1.58. The largest absolute Gasteiger partial charge is 0.497 e. The van der Waals surface area contributed by atoms with Crippen molar-refractivity contribution < 1.29 is 14.3 Å². The molecule has 6 nitrogen and oxygen atoms in total. The normalized spacial score (nSPS) is 13.5. The summed E-state index contributed by atoms with van der Waals surface area (Å²) < 4.78 is 5.13. The number of likely N-dealkylation sites (tertiary alicyclic amines) is 1. The number of ether oxygens (including phenoxy) is 1. The molecule has 0 saturated carbocycles. The van der Waals surface area contributed by atoms with Gasteiger partial charge >= 0.3 is 0 Å². The van der Waals surface area contributed by atoms with E-state index in [1.165, 1.54) is 31.5 Å². The Labute approximate surface area is 194 Å². The first-order valence-corrected chi connectivity index (χ1v) is 11.3. The van der Waals surface area contributed by atoms with Crippen LogP contribution in [0.5, 0.6) is 5.75 Å². The van der Waals surface area contributed by atoms with E-state index < -0.39 is 0 Å². The Kier molecular flexibility index (Phi) is 7.37. The van der Waals surface area contributed by atoms with E-state index in [-0.39, 0.29) is 11.8 Å². The Bertz CT molecular complexity index is 1090. The molecule has 0 bridgehead atoms. The van der Waals surface area contributed by atoms with Crippen LogP contribution in [0.15, 0.2) is 72.8 Å². The zero-order valence-corrected chi connectivity index (χ0v) is 18.8. The zero-order valence-electron chi connectivity index (χ0n) is 18.8. The number of hydrogen-bond donors (Lipinski definition) is 2. The van der Waals surface area contributed by atoms with Crippen molar-refractivity contribution in [1.82, 2.24) is 10.2 Å². The van der Waals surface area contributed by atoms with E-state index in [1.807, 2.05) is 0 Å². The molecule has 1 heterocycles. The number of carbonyl (C=O) groups is 2. The van der Waals surface area contributed by atoms with E-state index >= 15 is 0 Å². The SMILES string of the molecule is COc1ccc(C(=O)Nc2ccccc2C(=O)NCc2ccc(CN3CCCC3)cc2)cc1. The zero-order chi connectivity index (χ0) is 23.0. The molecule has 33 heavy (non-hydrogen) atoms. The van der Waals surface area contributed by atoms with E-state index in [2.05, 4.69) is 39.8 Å². The molecule has 2 amide bonds. The fraction of sp³-hybridized carbons (Fsp3) is 0.259. The van der Waals surface area contributed by atoms with Crippen LogP contribution in [-0.4, -0.2) is 36.9 Å². The highest BCUT2D eigenvalue weighted by atomic mass is 16.5. The molecule has 0 aromatic heterocycles. The van der Waals surface area contributed by atoms with Gasteiger partial charge in [-0.3, -0.25) is 14.5 Å². The van der Waals surface area contributed by atoms with E-state index in [1.54, 1.807) is 55.6 Å². The molecule has 1 fully saturated rings. The minimum atomic E-state index is -0.286. The van der Waals surface area contributed by atoms with Crippen molar-refractivity contribution in [3.05, 3.63) is 95.1 Å². The van der Waals surface area contributed by atoms with Gasteiger partial charge in [-0.05, 0) is 73.5 Å². The molecule has 170 valence electrons. The summed E-state index contributed by atoms with van der Waals surface area (Å²) in [6.07, 6.45) is 2.57. The van der Waals surface area contributed by atoms with Crippen LogP contribution in [0.4, 0.5) is 5.69 Å². The highest BCUT2D eigenvalue weighted by Crippen LogP contribution is 2.18. The van der Waals surface area contributed by atoms with Gasteiger partial charge < -0.3 is 15.4 Å². The molecular formula is C27H29N3O3. The second-order valence-corrected chi connectivity index (χ2v) is 8.21. The van der Waals surface area contributed by atoms with E-state index in [9.17, 15) is 9.59 Å². The molecule has 3 aromatic carbocycles. The van der Waals surface area contributed by atoms with Crippen molar-refractivity contribution in [2.45, 2.75) is 25.9 Å². The quantitative estimate of drug-likeness (QED) is 0.539. The lowest BCUT2D eigenvalue weighted by Crippen LogP contribution is -2.25. The molecule has 0 atom stereocenters. The monoisotopic (exact) mass is 443 g/mol. The topological polar surface area (TPSA) is 70.7 Å². The summed E-state index contributed by atoms with van der Waals surface area (Å²) in [5.74, 6) is 0.156. The lowest BCUT2D eigenvalue weighted by molar-refractivity contribution is 0.0952. The number of hydrogen-bond acceptors (Lipinski definition) is 4. The summed E-state index contributed by atoms with van der Waals surface area (Å²) in [5, 5.41) is 5.80. The Morgan fingerprint density at radius 2 is 1.52 bits per heavy atom. The lowest BCUT2D eigenvalue weighted by Gasteiger charge is -2.15. The van der Waals surface area contributed by atoms with Crippen LogP contribution >= 0.6 is 0 Å². The average molecular weight is 444 g/mol. The van der Waals surface area contributed by atoms with Gasteiger partial charge in [0.05, 0.1) is 18.4 Å². The van der Waals surface area contributed by atoms with Crippen molar-refractivity contribution >= 4 is 17.5 Å². The number of nitrogens with one attached hydrogen (secondary N) is 2. The standard InChI is InChI=1S/C27H29N3O3/c1-33-23-14-12-22(13-15-23)26(31)29-25-7-3-2-6-24(25)27(32)28-18-20-8-10-21(11-9-20)19-30-16-4-5-17-30/h2-3,6-15H,4-5,16-19H2,1H3,(H,28,32)(H,29,31). The first-order valence-electron chi connectivity index (χ1n) is 11.3. The first-order chi connectivity index (χ1) is 16.1. The van der Waals surface area contributed by atoms with E-state index in [0.717, 1.165) is 12.1 Å². The van der Waals surface area contributed by atoms with Crippen LogP contribution in [-0.2, 0) is 13.1 Å². The molecular weight excluding hydrogens is 414 g/mol. The lowest BCUT2D eigenvalue weighted by atomic mass is 10.1. The fourth-order valence-corrected chi connectivity index (χ4v) is 3.97. The van der Waals surface area contributed by atoms with Gasteiger partial charge in [-0.2, -0.15) is 0 Å². The third kappa shape index (κ3) is 5.99. The van der Waals surface area contributed by atoms with Crippen LogP contribution < -0.4 is 15.4 Å². The van der Waals surface area contributed by atoms with Gasteiger partial charge in [-0.1, -0.05) is 36.4 Å². The van der Waals surface area contributed by atoms with Crippen molar-refractivity contribution in [3.8, 4) is 5.75 Å². The smallest absolute Gasteiger partial charge is 0.255 e. The minimum absolute atomic E-state index is 0.234. The van der Waals surface area contributed by atoms with Crippen LogP contribution in [0.25, 0.3) is 0 Å². The number of para-hydroxylation sites is 1. The van der Waals surface area contributed by atoms with Gasteiger partial charge in [-0.25, -0.2) is 0 Å². The molecule has 3 aromatic rings. The highest BCUT2D eigenvalue weighted by Gasteiger charge is 2.15. The van der Waals surface area contributed by atoms with Gasteiger partial charge in [0.15, 0.2) is 0 Å². The maximum Gasteiger partial charge on any atom is 0.255 e. The van der Waals surface area contributed by atoms with Crippen LogP contribution in [0.1, 0.15) is 44.7 Å². The molecule has 0 aliphatic carbocycles. The van der Waals surface area contributed by atoms with Crippen LogP contribution in [0.3, 0.4) is 0 Å². The van der Waals surface area contributed by atoms with Crippen molar-refractivity contribution in [1.29, 1.82) is 0 Å². The summed E-state index contributed by atoms with van der Waals surface area (Å²) >= 11 is 0. The Balaban J connectivity index is 1.36. The molecule has 0 spiro atoms. The van der Waals surface area contributed by atoms with Gasteiger partial charge in [-0.15, -0.1) is 0 Å². The second-order valence-electron chi connectivity index (χ2n) is 8.21.